The van der Waals surface area contributed by atoms with E-state index in [0.717, 1.165) is 19.3 Å². The Balaban J connectivity index is 1.70. The summed E-state index contributed by atoms with van der Waals surface area (Å²) >= 11 is 0. The van der Waals surface area contributed by atoms with Gasteiger partial charge in [0.15, 0.2) is 0 Å². The molecule has 3 rings (SSSR count). The van der Waals surface area contributed by atoms with Crippen LogP contribution in [-0.2, 0) is 14.8 Å². The molecule has 0 radical (unpaired) electrons. The molecule has 1 saturated heterocycles. The van der Waals surface area contributed by atoms with Gasteiger partial charge in [-0.15, -0.1) is 0 Å². The summed E-state index contributed by atoms with van der Waals surface area (Å²) in [6, 6.07) is 6.23. The number of nitrogens with zero attached hydrogens (tertiary/aromatic N) is 1. The minimum atomic E-state index is -3.66. The minimum absolute atomic E-state index is 0.0667. The third kappa shape index (κ3) is 4.48. The molecule has 0 aromatic heterocycles. The normalized spacial score (nSPS) is 21.2. The number of benzene rings is 1. The zero-order valence-corrected chi connectivity index (χ0v) is 15.2. The van der Waals surface area contributed by atoms with Gasteiger partial charge in [-0.1, -0.05) is 17.7 Å². The summed E-state index contributed by atoms with van der Waals surface area (Å²) in [5.41, 5.74) is 1.67. The smallest absolute Gasteiger partial charge is 0.254 e. The Labute approximate surface area is 148 Å². The van der Waals surface area contributed by atoms with Gasteiger partial charge < -0.3 is 9.64 Å². The van der Waals surface area contributed by atoms with E-state index in [-0.39, 0.29) is 23.5 Å². The standard InChI is InChI=1S/C18H24N2O4S/c1-14-7-9-20(10-8-14)18(21)15-4-2-6-17(12-15)25(22,23)19-13-16-5-3-11-24-16/h2,4,6-7,12,16,19H,3,5,8-11,13H2,1H3. The number of ether oxygens (including phenoxy) is 1. The van der Waals surface area contributed by atoms with Crippen molar-refractivity contribution < 1.29 is 17.9 Å². The van der Waals surface area contributed by atoms with Crippen LogP contribution < -0.4 is 4.72 Å². The molecular weight excluding hydrogens is 340 g/mol. The maximum atomic E-state index is 12.6. The molecule has 25 heavy (non-hydrogen) atoms. The number of amides is 1. The molecule has 1 aromatic rings. The van der Waals surface area contributed by atoms with Crippen LogP contribution in [-0.4, -0.2) is 51.6 Å². The van der Waals surface area contributed by atoms with Crippen molar-refractivity contribution in [1.29, 1.82) is 0 Å². The number of carbonyl (C=O) groups excluding carboxylic acids is 1. The number of hydrogen-bond acceptors (Lipinski definition) is 4. The molecule has 1 N–H and O–H groups in total. The lowest BCUT2D eigenvalue weighted by atomic mass is 10.1. The molecule has 0 bridgehead atoms. The first-order valence-electron chi connectivity index (χ1n) is 8.62. The maximum Gasteiger partial charge on any atom is 0.254 e. The molecule has 0 aliphatic carbocycles. The molecule has 1 unspecified atom stereocenters. The molecular formula is C18H24N2O4S. The van der Waals surface area contributed by atoms with Gasteiger partial charge in [-0.3, -0.25) is 4.79 Å². The fraction of sp³-hybridized carbons (Fsp3) is 0.500. The summed E-state index contributed by atoms with van der Waals surface area (Å²) in [6.45, 7) is 4.22. The van der Waals surface area contributed by atoms with Crippen LogP contribution in [0, 0.1) is 0 Å². The number of carbonyl (C=O) groups is 1. The Hall–Kier alpha value is -1.70. The predicted molar refractivity (Wildman–Crippen MR) is 94.9 cm³/mol. The van der Waals surface area contributed by atoms with Gasteiger partial charge in [0.2, 0.25) is 10.0 Å². The summed E-state index contributed by atoms with van der Waals surface area (Å²) in [7, 11) is -3.66. The monoisotopic (exact) mass is 364 g/mol. The van der Waals surface area contributed by atoms with Crippen LogP contribution in [0.4, 0.5) is 0 Å². The van der Waals surface area contributed by atoms with Gasteiger partial charge in [0.25, 0.3) is 5.91 Å². The summed E-state index contributed by atoms with van der Waals surface area (Å²) in [6.07, 6.45) is 4.64. The van der Waals surface area contributed by atoms with Crippen molar-refractivity contribution in [1.82, 2.24) is 9.62 Å². The van der Waals surface area contributed by atoms with Crippen LogP contribution in [0.3, 0.4) is 0 Å². The van der Waals surface area contributed by atoms with E-state index in [0.29, 0.717) is 25.3 Å². The number of nitrogens with one attached hydrogen (secondary N) is 1. The van der Waals surface area contributed by atoms with Crippen molar-refractivity contribution >= 4 is 15.9 Å². The van der Waals surface area contributed by atoms with Crippen LogP contribution in [0.15, 0.2) is 40.8 Å². The second-order valence-corrected chi connectivity index (χ2v) is 8.33. The first kappa shape index (κ1) is 18.1. The number of rotatable bonds is 5. The van der Waals surface area contributed by atoms with Crippen molar-refractivity contribution in [2.24, 2.45) is 0 Å². The third-order valence-corrected chi connectivity index (χ3v) is 6.06. The summed E-state index contributed by atoms with van der Waals surface area (Å²) in [5, 5.41) is 0. The second-order valence-electron chi connectivity index (χ2n) is 6.57. The molecule has 136 valence electrons. The lowest BCUT2D eigenvalue weighted by Crippen LogP contribution is -2.35. The van der Waals surface area contributed by atoms with Gasteiger partial charge >= 0.3 is 0 Å². The molecule has 2 aliphatic rings. The maximum absolute atomic E-state index is 12.6. The third-order valence-electron chi connectivity index (χ3n) is 4.64. The van der Waals surface area contributed by atoms with Crippen molar-refractivity contribution in [2.75, 3.05) is 26.2 Å². The summed E-state index contributed by atoms with van der Waals surface area (Å²) < 4.78 is 33.0. The van der Waals surface area contributed by atoms with E-state index in [4.69, 9.17) is 4.74 Å². The van der Waals surface area contributed by atoms with Gasteiger partial charge in [-0.2, -0.15) is 0 Å². The van der Waals surface area contributed by atoms with E-state index in [2.05, 4.69) is 11.6 Å². The average Bonchev–Trinajstić information content (AvgIpc) is 3.14. The van der Waals surface area contributed by atoms with Crippen LogP contribution in [0.2, 0.25) is 0 Å². The molecule has 1 amide bonds. The van der Waals surface area contributed by atoms with Crippen molar-refractivity contribution in [2.45, 2.75) is 37.2 Å². The van der Waals surface area contributed by atoms with Gasteiger partial charge in [-0.25, -0.2) is 13.1 Å². The summed E-state index contributed by atoms with van der Waals surface area (Å²) in [4.78, 5) is 14.5. The van der Waals surface area contributed by atoms with E-state index >= 15 is 0 Å². The molecule has 0 spiro atoms. The largest absolute Gasteiger partial charge is 0.377 e. The van der Waals surface area contributed by atoms with E-state index < -0.39 is 10.0 Å². The molecule has 2 heterocycles. The fourth-order valence-electron chi connectivity index (χ4n) is 3.03. The lowest BCUT2D eigenvalue weighted by molar-refractivity contribution is 0.0768. The van der Waals surface area contributed by atoms with Gasteiger partial charge in [0.05, 0.1) is 11.0 Å². The van der Waals surface area contributed by atoms with Gasteiger partial charge in [0.1, 0.15) is 0 Å². The van der Waals surface area contributed by atoms with Crippen molar-refractivity contribution in [3.05, 3.63) is 41.5 Å². The van der Waals surface area contributed by atoms with Crippen LogP contribution >= 0.6 is 0 Å². The highest BCUT2D eigenvalue weighted by molar-refractivity contribution is 7.89. The van der Waals surface area contributed by atoms with E-state index in [1.807, 2.05) is 6.08 Å². The van der Waals surface area contributed by atoms with Crippen LogP contribution in [0.5, 0.6) is 0 Å². The second kappa shape index (κ2) is 7.68. The zero-order valence-electron chi connectivity index (χ0n) is 14.4. The molecule has 1 aromatic carbocycles. The number of hydrogen-bond donors (Lipinski definition) is 1. The Bertz CT molecular complexity index is 767. The Morgan fingerprint density at radius 1 is 1.40 bits per heavy atom. The number of sulfonamides is 1. The van der Waals surface area contributed by atoms with Gasteiger partial charge in [0, 0.05) is 31.8 Å². The van der Waals surface area contributed by atoms with Crippen molar-refractivity contribution in [3.8, 4) is 0 Å². The average molecular weight is 364 g/mol. The minimum Gasteiger partial charge on any atom is -0.377 e. The summed E-state index contributed by atoms with van der Waals surface area (Å²) in [5.74, 6) is -0.139. The van der Waals surface area contributed by atoms with E-state index in [9.17, 15) is 13.2 Å². The van der Waals surface area contributed by atoms with Gasteiger partial charge in [-0.05, 0) is 44.4 Å². The molecule has 7 heteroatoms. The molecule has 1 atom stereocenters. The molecule has 0 saturated carbocycles. The zero-order chi connectivity index (χ0) is 17.9. The lowest BCUT2D eigenvalue weighted by Gasteiger charge is -2.25. The van der Waals surface area contributed by atoms with Crippen LogP contribution in [0.1, 0.15) is 36.5 Å². The molecule has 6 nitrogen and oxygen atoms in total. The fourth-order valence-corrected chi connectivity index (χ4v) is 4.14. The van der Waals surface area contributed by atoms with Crippen LogP contribution in [0.25, 0.3) is 0 Å². The Morgan fingerprint density at radius 2 is 2.24 bits per heavy atom. The Morgan fingerprint density at radius 3 is 2.92 bits per heavy atom. The predicted octanol–water partition coefficient (Wildman–Crippen LogP) is 1.94. The highest BCUT2D eigenvalue weighted by atomic mass is 32.2. The Kier molecular flexibility index (Phi) is 5.56. The highest BCUT2D eigenvalue weighted by Gasteiger charge is 2.22. The van der Waals surface area contributed by atoms with E-state index in [1.165, 1.54) is 17.7 Å². The molecule has 1 fully saturated rings. The topological polar surface area (TPSA) is 75.7 Å². The quantitative estimate of drug-likeness (QED) is 0.810. The van der Waals surface area contributed by atoms with Crippen molar-refractivity contribution in [3.63, 3.8) is 0 Å². The SMILES string of the molecule is CC1=CCN(C(=O)c2cccc(S(=O)(=O)NCC3CCCO3)c2)CC1. The molecule has 2 aliphatic heterocycles. The first-order valence-corrected chi connectivity index (χ1v) is 10.1. The highest BCUT2D eigenvalue weighted by Crippen LogP contribution is 2.17. The van der Waals surface area contributed by atoms with E-state index in [1.54, 1.807) is 17.0 Å². The first-order chi connectivity index (χ1) is 12.0.